The number of nitro groups is 1. The molecule has 1 rings (SSSR count). The average Bonchev–Trinajstić information content (AvgIpc) is 2.26. The summed E-state index contributed by atoms with van der Waals surface area (Å²) in [6, 6.07) is 0. The van der Waals surface area contributed by atoms with Crippen LogP contribution in [0.3, 0.4) is 0 Å². The van der Waals surface area contributed by atoms with Crippen molar-refractivity contribution in [1.29, 1.82) is 0 Å². The Morgan fingerprint density at radius 1 is 1.32 bits per heavy atom. The van der Waals surface area contributed by atoms with Gasteiger partial charge in [0.25, 0.3) is 0 Å². The Hall–Kier alpha value is -2.98. The molecule has 0 fully saturated rings. The Morgan fingerprint density at radius 3 is 2.26 bits per heavy atom. The van der Waals surface area contributed by atoms with Crippen LogP contribution in [0.4, 0.5) is 17.5 Å². The van der Waals surface area contributed by atoms with E-state index in [0.29, 0.717) is 0 Å². The van der Waals surface area contributed by atoms with Crippen LogP contribution in [0.1, 0.15) is 0 Å². The van der Waals surface area contributed by atoms with Crippen LogP contribution < -0.4 is 22.1 Å². The fourth-order valence-electron chi connectivity index (χ4n) is 1.32. The maximum Gasteiger partial charge on any atom is 0.329 e. The maximum absolute atomic E-state index is 10.9. The molecule has 11 heteroatoms. The van der Waals surface area contributed by atoms with Gasteiger partial charge >= 0.3 is 5.69 Å². The number of nitrogen functional groups attached to an aromatic ring is 1. The lowest BCUT2D eigenvalue weighted by Gasteiger charge is -2.19. The maximum atomic E-state index is 10.9. The van der Waals surface area contributed by atoms with E-state index in [-0.39, 0.29) is 11.8 Å². The molecule has 1 aromatic rings. The first kappa shape index (κ1) is 14.1. The van der Waals surface area contributed by atoms with E-state index in [1.165, 1.54) is 0 Å². The van der Waals surface area contributed by atoms with E-state index in [1.54, 1.807) is 0 Å². The molecule has 1 aromatic heterocycles. The standard InChI is InChI=1S/C8H11N7O4/c9-5(16)2-14(3-6(10)17)7-4(15(18)19)1-12-8(11)13-7/h1H,2-3H2,(H2,9,16)(H2,10,17)(H2,11,12,13). The zero-order valence-corrected chi connectivity index (χ0v) is 9.65. The normalized spacial score (nSPS) is 9.89. The van der Waals surface area contributed by atoms with Crippen molar-refractivity contribution in [3.05, 3.63) is 16.3 Å². The molecule has 6 N–H and O–H groups in total. The predicted molar refractivity (Wildman–Crippen MR) is 63.7 cm³/mol. The second kappa shape index (κ2) is 5.57. The smallest absolute Gasteiger partial charge is 0.329 e. The number of nitrogens with two attached hydrogens (primary N) is 3. The van der Waals surface area contributed by atoms with Gasteiger partial charge in [-0.3, -0.25) is 19.7 Å². The molecule has 0 saturated heterocycles. The highest BCUT2D eigenvalue weighted by Gasteiger charge is 2.24. The summed E-state index contributed by atoms with van der Waals surface area (Å²) in [4.78, 5) is 40.0. The van der Waals surface area contributed by atoms with Gasteiger partial charge in [0.05, 0.1) is 18.0 Å². The van der Waals surface area contributed by atoms with Gasteiger partial charge in [-0.25, -0.2) is 4.98 Å². The molecule has 0 aliphatic rings. The van der Waals surface area contributed by atoms with Crippen LogP contribution in [0.25, 0.3) is 0 Å². The lowest BCUT2D eigenvalue weighted by Crippen LogP contribution is -2.40. The van der Waals surface area contributed by atoms with Gasteiger partial charge in [0, 0.05) is 0 Å². The van der Waals surface area contributed by atoms with E-state index < -0.39 is 35.5 Å². The molecule has 0 spiro atoms. The molecule has 0 unspecified atom stereocenters. The Morgan fingerprint density at radius 2 is 1.84 bits per heavy atom. The van der Waals surface area contributed by atoms with Gasteiger partial charge in [-0.15, -0.1) is 0 Å². The van der Waals surface area contributed by atoms with Crippen LogP contribution in [-0.4, -0.2) is 39.8 Å². The van der Waals surface area contributed by atoms with Crippen molar-refractivity contribution in [1.82, 2.24) is 9.97 Å². The van der Waals surface area contributed by atoms with Crippen molar-refractivity contribution in [3.8, 4) is 0 Å². The lowest BCUT2D eigenvalue weighted by atomic mass is 10.3. The van der Waals surface area contributed by atoms with E-state index in [4.69, 9.17) is 17.2 Å². The quantitative estimate of drug-likeness (QED) is 0.381. The number of hydrogen-bond donors (Lipinski definition) is 3. The largest absolute Gasteiger partial charge is 0.368 e. The zero-order chi connectivity index (χ0) is 14.6. The fourth-order valence-corrected chi connectivity index (χ4v) is 1.32. The fraction of sp³-hybridized carbons (Fsp3) is 0.250. The number of carbonyl (C=O) groups excluding carboxylic acids is 2. The van der Waals surface area contributed by atoms with Crippen molar-refractivity contribution >= 4 is 29.3 Å². The Balaban J connectivity index is 3.26. The van der Waals surface area contributed by atoms with Crippen LogP contribution in [0.15, 0.2) is 6.20 Å². The first-order valence-electron chi connectivity index (χ1n) is 4.89. The third-order valence-corrected chi connectivity index (χ3v) is 1.96. The Bertz CT molecular complexity index is 516. The molecule has 0 aliphatic heterocycles. The van der Waals surface area contributed by atoms with E-state index in [0.717, 1.165) is 11.1 Å². The number of rotatable bonds is 6. The second-order valence-electron chi connectivity index (χ2n) is 3.48. The predicted octanol–water partition coefficient (Wildman–Crippen LogP) is -2.26. The van der Waals surface area contributed by atoms with Crippen molar-refractivity contribution in [2.45, 2.75) is 0 Å². The minimum atomic E-state index is -0.812. The van der Waals surface area contributed by atoms with Crippen molar-refractivity contribution in [2.24, 2.45) is 11.5 Å². The SMILES string of the molecule is NC(=O)CN(CC(N)=O)c1nc(N)ncc1[N+](=O)[O-]. The second-order valence-corrected chi connectivity index (χ2v) is 3.48. The van der Waals surface area contributed by atoms with E-state index >= 15 is 0 Å². The molecule has 0 aromatic carbocycles. The van der Waals surface area contributed by atoms with Gasteiger partial charge in [0.15, 0.2) is 0 Å². The first-order valence-corrected chi connectivity index (χ1v) is 4.89. The topological polar surface area (TPSA) is 184 Å². The number of primary amides is 2. The Kier molecular flexibility index (Phi) is 4.13. The van der Waals surface area contributed by atoms with Crippen LogP contribution in [0.2, 0.25) is 0 Å². The monoisotopic (exact) mass is 269 g/mol. The van der Waals surface area contributed by atoms with Crippen LogP contribution in [0, 0.1) is 10.1 Å². The number of nitrogens with zero attached hydrogens (tertiary/aromatic N) is 4. The van der Waals surface area contributed by atoms with Gasteiger partial charge in [-0.2, -0.15) is 4.98 Å². The summed E-state index contributed by atoms with van der Waals surface area (Å²) in [5.74, 6) is -2.17. The molecule has 19 heavy (non-hydrogen) atoms. The molecule has 0 bridgehead atoms. The summed E-state index contributed by atoms with van der Waals surface area (Å²) in [5.41, 5.74) is 14.8. The minimum Gasteiger partial charge on any atom is -0.368 e. The summed E-state index contributed by atoms with van der Waals surface area (Å²) in [6.45, 7) is -0.944. The minimum absolute atomic E-state index is 0.250. The van der Waals surface area contributed by atoms with Crippen LogP contribution in [-0.2, 0) is 9.59 Å². The van der Waals surface area contributed by atoms with Gasteiger partial charge < -0.3 is 22.1 Å². The highest BCUT2D eigenvalue weighted by Crippen LogP contribution is 2.24. The highest BCUT2D eigenvalue weighted by atomic mass is 16.6. The third-order valence-electron chi connectivity index (χ3n) is 1.96. The van der Waals surface area contributed by atoms with Crippen molar-refractivity contribution in [2.75, 3.05) is 23.7 Å². The molecule has 0 radical (unpaired) electrons. The van der Waals surface area contributed by atoms with E-state index in [9.17, 15) is 19.7 Å². The van der Waals surface area contributed by atoms with Crippen LogP contribution >= 0.6 is 0 Å². The molecular weight excluding hydrogens is 258 g/mol. The molecule has 0 atom stereocenters. The molecule has 2 amide bonds. The number of amides is 2. The average molecular weight is 269 g/mol. The third kappa shape index (κ3) is 3.76. The van der Waals surface area contributed by atoms with Gasteiger partial charge in [0.1, 0.15) is 6.20 Å². The van der Waals surface area contributed by atoms with Crippen molar-refractivity contribution in [3.63, 3.8) is 0 Å². The van der Waals surface area contributed by atoms with Gasteiger partial charge in [0.2, 0.25) is 23.6 Å². The molecule has 1 heterocycles. The van der Waals surface area contributed by atoms with Crippen molar-refractivity contribution < 1.29 is 14.5 Å². The van der Waals surface area contributed by atoms with Gasteiger partial charge in [-0.1, -0.05) is 0 Å². The Labute approximate surface area is 106 Å². The number of anilines is 2. The van der Waals surface area contributed by atoms with E-state index in [1.807, 2.05) is 0 Å². The first-order chi connectivity index (χ1) is 8.81. The summed E-state index contributed by atoms with van der Waals surface area (Å²) < 4.78 is 0. The number of carbonyl (C=O) groups is 2. The highest BCUT2D eigenvalue weighted by molar-refractivity contribution is 5.85. The van der Waals surface area contributed by atoms with Crippen LogP contribution in [0.5, 0.6) is 0 Å². The molecule has 11 nitrogen and oxygen atoms in total. The summed E-state index contributed by atoms with van der Waals surface area (Å²) in [6.07, 6.45) is 0.868. The molecule has 102 valence electrons. The zero-order valence-electron chi connectivity index (χ0n) is 9.65. The summed E-state index contributed by atoms with van der Waals surface area (Å²) in [7, 11) is 0. The summed E-state index contributed by atoms with van der Waals surface area (Å²) >= 11 is 0. The number of hydrogen-bond acceptors (Lipinski definition) is 8. The molecule has 0 saturated carbocycles. The van der Waals surface area contributed by atoms with Gasteiger partial charge in [-0.05, 0) is 0 Å². The molecule has 0 aliphatic carbocycles. The number of aromatic nitrogens is 2. The molecular formula is C8H11N7O4. The summed E-state index contributed by atoms with van der Waals surface area (Å²) in [5, 5.41) is 10.8. The van der Waals surface area contributed by atoms with E-state index in [2.05, 4.69) is 9.97 Å². The lowest BCUT2D eigenvalue weighted by molar-refractivity contribution is -0.384.